The Hall–Kier alpha value is -1.66. The van der Waals surface area contributed by atoms with Crippen molar-refractivity contribution in [3.05, 3.63) is 34.7 Å². The SMILES string of the molecule is CO[C@@H]1C[C@@H](c2nc(C)c(C)[nH]2)N(Cc2cc(C)no2)C1. The van der Waals surface area contributed by atoms with Crippen molar-refractivity contribution in [1.82, 2.24) is 20.0 Å². The monoisotopic (exact) mass is 290 g/mol. The molecule has 0 bridgehead atoms. The van der Waals surface area contributed by atoms with Gasteiger partial charge in [0.05, 0.1) is 30.1 Å². The fourth-order valence-electron chi connectivity index (χ4n) is 2.92. The lowest BCUT2D eigenvalue weighted by Gasteiger charge is -2.20. The molecule has 3 heterocycles. The first-order valence-electron chi connectivity index (χ1n) is 7.29. The van der Waals surface area contributed by atoms with Crippen LogP contribution in [0.4, 0.5) is 0 Å². The lowest BCUT2D eigenvalue weighted by atomic mass is 10.2. The average Bonchev–Trinajstić information content (AvgIpc) is 3.12. The summed E-state index contributed by atoms with van der Waals surface area (Å²) in [5.41, 5.74) is 3.09. The highest BCUT2D eigenvalue weighted by molar-refractivity contribution is 5.15. The van der Waals surface area contributed by atoms with E-state index in [0.29, 0.717) is 0 Å². The largest absolute Gasteiger partial charge is 0.380 e. The molecule has 1 saturated heterocycles. The van der Waals surface area contributed by atoms with Crippen LogP contribution in [0.25, 0.3) is 0 Å². The van der Waals surface area contributed by atoms with Crippen molar-refractivity contribution in [2.75, 3.05) is 13.7 Å². The molecule has 2 atom stereocenters. The number of imidazole rings is 1. The molecule has 1 aliphatic heterocycles. The molecule has 21 heavy (non-hydrogen) atoms. The number of aromatic nitrogens is 3. The quantitative estimate of drug-likeness (QED) is 0.935. The van der Waals surface area contributed by atoms with E-state index in [0.717, 1.165) is 48.2 Å². The minimum Gasteiger partial charge on any atom is -0.380 e. The number of rotatable bonds is 4. The van der Waals surface area contributed by atoms with Crippen LogP contribution >= 0.6 is 0 Å². The molecule has 1 N–H and O–H groups in total. The molecular weight excluding hydrogens is 268 g/mol. The maximum atomic E-state index is 5.54. The smallest absolute Gasteiger partial charge is 0.150 e. The molecule has 2 aromatic heterocycles. The molecule has 114 valence electrons. The molecule has 6 nitrogen and oxygen atoms in total. The van der Waals surface area contributed by atoms with Crippen molar-refractivity contribution in [2.45, 2.75) is 45.9 Å². The predicted octanol–water partition coefficient (Wildman–Crippen LogP) is 2.28. The molecule has 6 heteroatoms. The van der Waals surface area contributed by atoms with Gasteiger partial charge in [0.2, 0.25) is 0 Å². The summed E-state index contributed by atoms with van der Waals surface area (Å²) >= 11 is 0. The summed E-state index contributed by atoms with van der Waals surface area (Å²) in [7, 11) is 1.77. The molecule has 2 aromatic rings. The van der Waals surface area contributed by atoms with E-state index in [-0.39, 0.29) is 12.1 Å². The van der Waals surface area contributed by atoms with E-state index in [1.165, 1.54) is 0 Å². The molecule has 0 aromatic carbocycles. The van der Waals surface area contributed by atoms with Crippen LogP contribution in [0.2, 0.25) is 0 Å². The molecule has 0 unspecified atom stereocenters. The fraction of sp³-hybridized carbons (Fsp3) is 0.600. The summed E-state index contributed by atoms with van der Waals surface area (Å²) < 4.78 is 10.9. The first-order valence-corrected chi connectivity index (χ1v) is 7.29. The Bertz CT molecular complexity index is 599. The number of aryl methyl sites for hydroxylation is 3. The summed E-state index contributed by atoms with van der Waals surface area (Å²) in [6.45, 7) is 7.62. The van der Waals surface area contributed by atoms with Gasteiger partial charge >= 0.3 is 0 Å². The Balaban J connectivity index is 1.81. The topological polar surface area (TPSA) is 67.2 Å². The maximum Gasteiger partial charge on any atom is 0.150 e. The third-order valence-electron chi connectivity index (χ3n) is 4.20. The van der Waals surface area contributed by atoms with Crippen LogP contribution in [0, 0.1) is 20.8 Å². The van der Waals surface area contributed by atoms with E-state index >= 15 is 0 Å². The van der Waals surface area contributed by atoms with Crippen LogP contribution in [-0.4, -0.2) is 39.8 Å². The number of H-pyrrole nitrogens is 1. The molecule has 0 amide bonds. The highest BCUT2D eigenvalue weighted by atomic mass is 16.5. The highest BCUT2D eigenvalue weighted by Gasteiger charge is 2.35. The van der Waals surface area contributed by atoms with E-state index in [1.54, 1.807) is 7.11 Å². The van der Waals surface area contributed by atoms with Gasteiger partial charge in [0.15, 0.2) is 5.76 Å². The van der Waals surface area contributed by atoms with Crippen molar-refractivity contribution in [3.63, 3.8) is 0 Å². The molecule has 0 spiro atoms. The number of methoxy groups -OCH3 is 1. The van der Waals surface area contributed by atoms with E-state index in [2.05, 4.69) is 26.9 Å². The summed E-state index contributed by atoms with van der Waals surface area (Å²) in [6.07, 6.45) is 1.17. The standard InChI is InChI=1S/C15H22N4O2/c1-9-5-13(21-18-9)8-19-7-12(20-4)6-14(19)15-16-10(2)11(3)17-15/h5,12,14H,6-8H2,1-4H3,(H,16,17)/t12-,14+/m1/s1. The van der Waals surface area contributed by atoms with Crippen molar-refractivity contribution in [2.24, 2.45) is 0 Å². The Kier molecular flexibility index (Phi) is 3.82. The van der Waals surface area contributed by atoms with Crippen LogP contribution in [-0.2, 0) is 11.3 Å². The predicted molar refractivity (Wildman–Crippen MR) is 77.9 cm³/mol. The van der Waals surface area contributed by atoms with Crippen molar-refractivity contribution >= 4 is 0 Å². The number of hydrogen-bond donors (Lipinski definition) is 1. The zero-order valence-electron chi connectivity index (χ0n) is 13.0. The lowest BCUT2D eigenvalue weighted by molar-refractivity contribution is 0.105. The summed E-state index contributed by atoms with van der Waals surface area (Å²) in [5, 5.41) is 3.96. The first kappa shape index (κ1) is 14.3. The van der Waals surface area contributed by atoms with E-state index in [4.69, 9.17) is 9.26 Å². The maximum absolute atomic E-state index is 5.54. The third-order valence-corrected chi connectivity index (χ3v) is 4.20. The number of nitrogens with zero attached hydrogens (tertiary/aromatic N) is 3. The number of nitrogens with one attached hydrogen (secondary N) is 1. The molecule has 1 fully saturated rings. The molecule has 0 radical (unpaired) electrons. The van der Waals surface area contributed by atoms with Crippen molar-refractivity contribution < 1.29 is 9.26 Å². The second-order valence-electron chi connectivity index (χ2n) is 5.81. The summed E-state index contributed by atoms with van der Waals surface area (Å²) in [6, 6.07) is 2.21. The molecule has 1 aliphatic rings. The number of hydrogen-bond acceptors (Lipinski definition) is 5. The van der Waals surface area contributed by atoms with Gasteiger partial charge < -0.3 is 14.2 Å². The van der Waals surface area contributed by atoms with Gasteiger partial charge in [0, 0.05) is 25.4 Å². The van der Waals surface area contributed by atoms with Gasteiger partial charge in [-0.1, -0.05) is 5.16 Å². The third kappa shape index (κ3) is 2.87. The van der Waals surface area contributed by atoms with E-state index in [1.807, 2.05) is 19.9 Å². The van der Waals surface area contributed by atoms with Gasteiger partial charge in [0.25, 0.3) is 0 Å². The van der Waals surface area contributed by atoms with Crippen LogP contribution in [0.5, 0.6) is 0 Å². The van der Waals surface area contributed by atoms with Gasteiger partial charge in [-0.15, -0.1) is 0 Å². The zero-order valence-corrected chi connectivity index (χ0v) is 13.0. The summed E-state index contributed by atoms with van der Waals surface area (Å²) in [4.78, 5) is 10.4. The molecular formula is C15H22N4O2. The van der Waals surface area contributed by atoms with Crippen molar-refractivity contribution in [3.8, 4) is 0 Å². The number of ether oxygens (including phenoxy) is 1. The fourth-order valence-corrected chi connectivity index (χ4v) is 2.92. The molecule has 0 aliphatic carbocycles. The van der Waals surface area contributed by atoms with Crippen LogP contribution in [0.1, 0.15) is 41.1 Å². The minimum atomic E-state index is 0.227. The Morgan fingerprint density at radius 2 is 2.24 bits per heavy atom. The Morgan fingerprint density at radius 3 is 2.81 bits per heavy atom. The van der Waals surface area contributed by atoms with Crippen molar-refractivity contribution in [1.29, 1.82) is 0 Å². The van der Waals surface area contributed by atoms with E-state index in [9.17, 15) is 0 Å². The van der Waals surface area contributed by atoms with Gasteiger partial charge in [-0.25, -0.2) is 4.98 Å². The second-order valence-corrected chi connectivity index (χ2v) is 5.81. The van der Waals surface area contributed by atoms with Gasteiger partial charge in [-0.3, -0.25) is 4.90 Å². The van der Waals surface area contributed by atoms with Gasteiger partial charge in [-0.05, 0) is 27.2 Å². The Morgan fingerprint density at radius 1 is 1.43 bits per heavy atom. The van der Waals surface area contributed by atoms with Gasteiger partial charge in [-0.2, -0.15) is 0 Å². The van der Waals surface area contributed by atoms with E-state index < -0.39 is 0 Å². The lowest BCUT2D eigenvalue weighted by Crippen LogP contribution is -2.25. The van der Waals surface area contributed by atoms with Crippen LogP contribution < -0.4 is 0 Å². The Labute approximate surface area is 124 Å². The average molecular weight is 290 g/mol. The highest BCUT2D eigenvalue weighted by Crippen LogP contribution is 2.33. The summed E-state index contributed by atoms with van der Waals surface area (Å²) in [5.74, 6) is 1.90. The molecule has 0 saturated carbocycles. The second kappa shape index (κ2) is 5.61. The van der Waals surface area contributed by atoms with Crippen LogP contribution in [0.3, 0.4) is 0 Å². The normalized spacial score (nSPS) is 23.0. The number of likely N-dealkylation sites (tertiary alicyclic amines) is 1. The molecule has 3 rings (SSSR count). The zero-order chi connectivity index (χ0) is 15.0. The van der Waals surface area contributed by atoms with Crippen LogP contribution in [0.15, 0.2) is 10.6 Å². The number of aromatic amines is 1. The first-order chi connectivity index (χ1) is 10.1. The minimum absolute atomic E-state index is 0.227. The van der Waals surface area contributed by atoms with Gasteiger partial charge in [0.1, 0.15) is 5.82 Å².